The van der Waals surface area contributed by atoms with Crippen molar-refractivity contribution in [3.63, 3.8) is 0 Å². The first kappa shape index (κ1) is 17.0. The number of nitrogens with one attached hydrogen (secondary N) is 1. The summed E-state index contributed by atoms with van der Waals surface area (Å²) < 4.78 is 38.2. The second-order valence-electron chi connectivity index (χ2n) is 5.10. The van der Waals surface area contributed by atoms with E-state index in [0.29, 0.717) is 10.0 Å². The zero-order chi connectivity index (χ0) is 17.2. The minimum Gasteiger partial charge on any atom is -0.472 e. The lowest BCUT2D eigenvalue weighted by atomic mass is 9.94. The van der Waals surface area contributed by atoms with Crippen LogP contribution in [0.25, 0.3) is 0 Å². The molecule has 0 aliphatic heterocycles. The molecular weight excluding hydrogens is 398 g/mol. The molecule has 6 nitrogen and oxygen atoms in total. The van der Waals surface area contributed by atoms with Gasteiger partial charge in [-0.25, -0.2) is 13.1 Å². The van der Waals surface area contributed by atoms with Crippen LogP contribution < -0.4 is 4.72 Å². The molecule has 1 atom stereocenters. The van der Waals surface area contributed by atoms with E-state index in [2.05, 4.69) is 20.7 Å². The predicted octanol–water partition coefficient (Wildman–Crippen LogP) is 2.85. The molecule has 2 N–H and O–H groups in total. The summed E-state index contributed by atoms with van der Waals surface area (Å²) in [4.78, 5) is 0.0824. The smallest absolute Gasteiger partial charge is 0.241 e. The molecule has 24 heavy (non-hydrogen) atoms. The van der Waals surface area contributed by atoms with Gasteiger partial charge in [-0.1, -0.05) is 12.1 Å². The Balaban J connectivity index is 1.92. The molecular formula is C16H14BrNO5S. The Morgan fingerprint density at radius 3 is 2.54 bits per heavy atom. The topological polar surface area (TPSA) is 92.7 Å². The van der Waals surface area contributed by atoms with Crippen LogP contribution in [0.5, 0.6) is 0 Å². The minimum atomic E-state index is -3.84. The van der Waals surface area contributed by atoms with Gasteiger partial charge in [-0.05, 0) is 46.3 Å². The molecule has 0 saturated heterocycles. The van der Waals surface area contributed by atoms with E-state index in [4.69, 9.17) is 8.83 Å². The highest BCUT2D eigenvalue weighted by Crippen LogP contribution is 2.30. The summed E-state index contributed by atoms with van der Waals surface area (Å²) in [6.07, 6.45) is 4.14. The van der Waals surface area contributed by atoms with Gasteiger partial charge in [0.25, 0.3) is 0 Å². The Bertz CT molecular complexity index is 870. The molecule has 2 heterocycles. The summed E-state index contributed by atoms with van der Waals surface area (Å²) in [6.45, 7) is -0.316. The van der Waals surface area contributed by atoms with Gasteiger partial charge in [0.05, 0.1) is 30.2 Å². The summed E-state index contributed by atoms with van der Waals surface area (Å²) in [6, 6.07) is 11.2. The molecule has 1 aromatic carbocycles. The van der Waals surface area contributed by atoms with Crippen molar-refractivity contribution in [1.82, 2.24) is 4.72 Å². The lowest BCUT2D eigenvalue weighted by molar-refractivity contribution is 0.0613. The average molecular weight is 412 g/mol. The number of rotatable bonds is 6. The van der Waals surface area contributed by atoms with Gasteiger partial charge in [0.2, 0.25) is 10.0 Å². The summed E-state index contributed by atoms with van der Waals surface area (Å²) >= 11 is 3.21. The normalized spacial score (nSPS) is 14.4. The Morgan fingerprint density at radius 1 is 1.12 bits per heavy atom. The Kier molecular flexibility index (Phi) is 4.64. The largest absolute Gasteiger partial charge is 0.472 e. The number of aliphatic hydroxyl groups is 1. The molecule has 0 bridgehead atoms. The number of benzene rings is 1. The molecule has 0 saturated carbocycles. The van der Waals surface area contributed by atoms with Crippen LogP contribution in [0.2, 0.25) is 0 Å². The van der Waals surface area contributed by atoms with E-state index in [1.807, 2.05) is 0 Å². The van der Waals surface area contributed by atoms with Crippen LogP contribution in [0.1, 0.15) is 11.3 Å². The zero-order valence-corrected chi connectivity index (χ0v) is 14.7. The second kappa shape index (κ2) is 6.56. The van der Waals surface area contributed by atoms with Gasteiger partial charge < -0.3 is 13.9 Å². The third kappa shape index (κ3) is 3.18. The SMILES string of the molecule is O=S(=O)(NCC(O)(c1ccoc1)c1ccco1)c1ccccc1Br. The van der Waals surface area contributed by atoms with Crippen LogP contribution in [0, 0.1) is 0 Å². The standard InChI is InChI=1S/C16H14BrNO5S/c17-13-4-1-2-5-14(13)24(20,21)18-11-16(19,12-7-9-22-10-12)15-6-3-8-23-15/h1-10,18-19H,11H2. The number of hydrogen-bond donors (Lipinski definition) is 2. The van der Waals surface area contributed by atoms with E-state index < -0.39 is 15.6 Å². The molecule has 0 aliphatic carbocycles. The van der Waals surface area contributed by atoms with Crippen molar-refractivity contribution in [2.75, 3.05) is 6.54 Å². The second-order valence-corrected chi connectivity index (χ2v) is 7.69. The molecule has 0 fully saturated rings. The van der Waals surface area contributed by atoms with Gasteiger partial charge in [0.1, 0.15) is 5.76 Å². The highest BCUT2D eigenvalue weighted by Gasteiger charge is 2.37. The number of sulfonamides is 1. The van der Waals surface area contributed by atoms with E-state index in [1.165, 1.54) is 24.9 Å². The van der Waals surface area contributed by atoms with Gasteiger partial charge in [-0.2, -0.15) is 0 Å². The maximum absolute atomic E-state index is 12.5. The number of furan rings is 2. The quantitative estimate of drug-likeness (QED) is 0.650. The molecule has 3 aromatic rings. The van der Waals surface area contributed by atoms with Crippen LogP contribution in [0.4, 0.5) is 0 Å². The van der Waals surface area contributed by atoms with Crippen LogP contribution in [0.15, 0.2) is 79.5 Å². The van der Waals surface area contributed by atoms with Gasteiger partial charge >= 0.3 is 0 Å². The lowest BCUT2D eigenvalue weighted by Crippen LogP contribution is -2.41. The first-order valence-corrected chi connectivity index (χ1v) is 9.24. The Labute approximate surface area is 147 Å². The van der Waals surface area contributed by atoms with Gasteiger partial charge in [-0.3, -0.25) is 0 Å². The third-order valence-corrected chi connectivity index (χ3v) is 5.99. The fourth-order valence-corrected chi connectivity index (χ4v) is 4.35. The molecule has 0 spiro atoms. The highest BCUT2D eigenvalue weighted by atomic mass is 79.9. The summed E-state index contributed by atoms with van der Waals surface area (Å²) in [5.41, 5.74) is -1.31. The van der Waals surface area contributed by atoms with Crippen molar-refractivity contribution in [3.05, 3.63) is 77.1 Å². The zero-order valence-electron chi connectivity index (χ0n) is 12.3. The molecule has 3 rings (SSSR count). The molecule has 8 heteroatoms. The average Bonchev–Trinajstić information content (AvgIpc) is 3.26. The summed E-state index contributed by atoms with van der Waals surface area (Å²) in [5, 5.41) is 11.0. The lowest BCUT2D eigenvalue weighted by Gasteiger charge is -2.25. The van der Waals surface area contributed by atoms with Crippen molar-refractivity contribution < 1.29 is 22.4 Å². The summed E-state index contributed by atoms with van der Waals surface area (Å²) in [7, 11) is -3.84. The summed E-state index contributed by atoms with van der Waals surface area (Å²) in [5.74, 6) is 0.207. The van der Waals surface area contributed by atoms with Crippen molar-refractivity contribution in [2.24, 2.45) is 0 Å². The van der Waals surface area contributed by atoms with Gasteiger partial charge in [0, 0.05) is 10.0 Å². The maximum atomic E-state index is 12.5. The van der Waals surface area contributed by atoms with Crippen molar-refractivity contribution in [1.29, 1.82) is 0 Å². The molecule has 126 valence electrons. The predicted molar refractivity (Wildman–Crippen MR) is 89.7 cm³/mol. The van der Waals surface area contributed by atoms with E-state index in [1.54, 1.807) is 36.4 Å². The van der Waals surface area contributed by atoms with E-state index in [-0.39, 0.29) is 17.2 Å². The van der Waals surface area contributed by atoms with Crippen molar-refractivity contribution in [2.45, 2.75) is 10.5 Å². The van der Waals surface area contributed by atoms with Gasteiger partial charge in [0.15, 0.2) is 5.60 Å². The minimum absolute atomic E-state index is 0.0824. The number of halogens is 1. The van der Waals surface area contributed by atoms with Crippen LogP contribution in [-0.2, 0) is 15.6 Å². The Hall–Kier alpha value is -1.87. The first-order valence-electron chi connectivity index (χ1n) is 6.97. The molecule has 1 unspecified atom stereocenters. The monoisotopic (exact) mass is 411 g/mol. The molecule has 0 amide bonds. The fourth-order valence-electron chi connectivity index (χ4n) is 2.29. The molecule has 0 aliphatic rings. The van der Waals surface area contributed by atoms with Crippen LogP contribution >= 0.6 is 15.9 Å². The van der Waals surface area contributed by atoms with E-state index in [9.17, 15) is 13.5 Å². The first-order chi connectivity index (χ1) is 11.4. The third-order valence-electron chi connectivity index (χ3n) is 3.57. The van der Waals surface area contributed by atoms with Gasteiger partial charge in [-0.15, -0.1) is 0 Å². The van der Waals surface area contributed by atoms with Crippen LogP contribution in [0.3, 0.4) is 0 Å². The molecule has 2 aromatic heterocycles. The maximum Gasteiger partial charge on any atom is 0.241 e. The van der Waals surface area contributed by atoms with E-state index >= 15 is 0 Å². The number of hydrogen-bond acceptors (Lipinski definition) is 5. The van der Waals surface area contributed by atoms with Crippen LogP contribution in [-0.4, -0.2) is 20.1 Å². The van der Waals surface area contributed by atoms with E-state index in [0.717, 1.165) is 0 Å². The van der Waals surface area contributed by atoms with Crippen molar-refractivity contribution in [3.8, 4) is 0 Å². The highest BCUT2D eigenvalue weighted by molar-refractivity contribution is 9.10. The fraction of sp³-hybridized carbons (Fsp3) is 0.125. The Morgan fingerprint density at radius 2 is 1.92 bits per heavy atom. The van der Waals surface area contributed by atoms with Crippen molar-refractivity contribution >= 4 is 26.0 Å². The molecule has 0 radical (unpaired) electrons.